The number of hydrogen-bond donors (Lipinski definition) is 0. The second kappa shape index (κ2) is 6.93. The summed E-state index contributed by atoms with van der Waals surface area (Å²) in [6.45, 7) is 2.04. The van der Waals surface area contributed by atoms with Gasteiger partial charge in [-0.05, 0) is 48.4 Å². The molecule has 122 valence electrons. The highest BCUT2D eigenvalue weighted by Crippen LogP contribution is 2.22. The highest BCUT2D eigenvalue weighted by molar-refractivity contribution is 7.16. The SMILES string of the molecule is Cc1ccc2c(c1)sc(=NC(=O)C=Cc1ccc(Cl)cc1Cl)n2C. The Hall–Kier alpha value is -1.88. The zero-order valence-corrected chi connectivity index (χ0v) is 15.4. The van der Waals surface area contributed by atoms with Gasteiger partial charge in [0.15, 0.2) is 4.80 Å². The first-order valence-corrected chi connectivity index (χ1v) is 8.79. The van der Waals surface area contributed by atoms with Gasteiger partial charge >= 0.3 is 0 Å². The van der Waals surface area contributed by atoms with Crippen molar-refractivity contribution >= 4 is 56.7 Å². The molecule has 0 aliphatic carbocycles. The number of carbonyl (C=O) groups excluding carboxylic acids is 1. The molecule has 1 amide bonds. The van der Waals surface area contributed by atoms with E-state index in [1.54, 1.807) is 24.3 Å². The number of benzene rings is 2. The summed E-state index contributed by atoms with van der Waals surface area (Å²) < 4.78 is 3.02. The number of amides is 1. The number of hydrogen-bond acceptors (Lipinski definition) is 2. The Morgan fingerprint density at radius 3 is 2.75 bits per heavy atom. The third-order valence-electron chi connectivity index (χ3n) is 3.54. The number of aromatic nitrogens is 1. The smallest absolute Gasteiger partial charge is 0.272 e. The summed E-state index contributed by atoms with van der Waals surface area (Å²) >= 11 is 13.4. The summed E-state index contributed by atoms with van der Waals surface area (Å²) in [7, 11) is 1.90. The fraction of sp³-hybridized carbons (Fsp3) is 0.111. The molecular formula is C18H14Cl2N2OS. The molecule has 0 radical (unpaired) electrons. The van der Waals surface area contributed by atoms with Crippen LogP contribution in [-0.4, -0.2) is 10.5 Å². The maximum Gasteiger partial charge on any atom is 0.272 e. The van der Waals surface area contributed by atoms with Gasteiger partial charge in [-0.2, -0.15) is 4.99 Å². The predicted octanol–water partition coefficient (Wildman–Crippen LogP) is 5.00. The van der Waals surface area contributed by atoms with Crippen LogP contribution in [0.4, 0.5) is 0 Å². The minimum atomic E-state index is -0.333. The molecule has 0 bridgehead atoms. The summed E-state index contributed by atoms with van der Waals surface area (Å²) in [4.78, 5) is 17.0. The quantitative estimate of drug-likeness (QED) is 0.579. The molecule has 3 aromatic rings. The number of fused-ring (bicyclic) bond motifs is 1. The molecule has 0 spiro atoms. The van der Waals surface area contributed by atoms with Gasteiger partial charge in [0.05, 0.1) is 10.2 Å². The number of thiazole rings is 1. The summed E-state index contributed by atoms with van der Waals surface area (Å²) in [6, 6.07) is 11.3. The molecule has 0 saturated heterocycles. The Kier molecular flexibility index (Phi) is 4.90. The lowest BCUT2D eigenvalue weighted by Crippen LogP contribution is -2.12. The number of carbonyl (C=O) groups is 1. The molecule has 0 fully saturated rings. The molecule has 3 nitrogen and oxygen atoms in total. The van der Waals surface area contributed by atoms with Crippen molar-refractivity contribution in [3.05, 3.63) is 68.4 Å². The number of aryl methyl sites for hydroxylation is 2. The van der Waals surface area contributed by atoms with Crippen molar-refractivity contribution in [2.45, 2.75) is 6.92 Å². The maximum absolute atomic E-state index is 12.1. The van der Waals surface area contributed by atoms with Gasteiger partial charge in [-0.3, -0.25) is 4.79 Å². The van der Waals surface area contributed by atoms with E-state index >= 15 is 0 Å². The molecule has 0 aliphatic rings. The minimum absolute atomic E-state index is 0.333. The zero-order valence-electron chi connectivity index (χ0n) is 13.1. The lowest BCUT2D eigenvalue weighted by atomic mass is 10.2. The van der Waals surface area contributed by atoms with Crippen LogP contribution in [-0.2, 0) is 11.8 Å². The lowest BCUT2D eigenvalue weighted by Gasteiger charge is -1.97. The summed E-state index contributed by atoms with van der Waals surface area (Å²) in [5.74, 6) is -0.333. The van der Waals surface area contributed by atoms with Gasteiger partial charge in [0.2, 0.25) is 0 Å². The van der Waals surface area contributed by atoms with Crippen LogP contribution in [0.3, 0.4) is 0 Å². The fourth-order valence-corrected chi connectivity index (χ4v) is 3.87. The normalized spacial score (nSPS) is 12.4. The second-order valence-corrected chi connectivity index (χ2v) is 7.22. The van der Waals surface area contributed by atoms with E-state index in [0.717, 1.165) is 15.8 Å². The van der Waals surface area contributed by atoms with E-state index in [0.29, 0.717) is 14.8 Å². The van der Waals surface area contributed by atoms with Gasteiger partial charge in [-0.15, -0.1) is 0 Å². The lowest BCUT2D eigenvalue weighted by molar-refractivity contribution is -0.113. The molecule has 0 atom stereocenters. The summed E-state index contributed by atoms with van der Waals surface area (Å²) in [5.41, 5.74) is 2.96. The fourth-order valence-electron chi connectivity index (χ4n) is 2.28. The van der Waals surface area contributed by atoms with Crippen LogP contribution < -0.4 is 4.80 Å². The third-order valence-corrected chi connectivity index (χ3v) is 5.20. The van der Waals surface area contributed by atoms with E-state index in [2.05, 4.69) is 11.1 Å². The number of halogens is 2. The van der Waals surface area contributed by atoms with Crippen molar-refractivity contribution in [1.29, 1.82) is 0 Å². The third kappa shape index (κ3) is 3.61. The van der Waals surface area contributed by atoms with Crippen LogP contribution in [0.1, 0.15) is 11.1 Å². The average molecular weight is 377 g/mol. The van der Waals surface area contributed by atoms with Gasteiger partial charge < -0.3 is 4.57 Å². The van der Waals surface area contributed by atoms with Crippen molar-refractivity contribution in [2.24, 2.45) is 12.0 Å². The van der Waals surface area contributed by atoms with Gasteiger partial charge in [0.25, 0.3) is 5.91 Å². The van der Waals surface area contributed by atoms with Crippen LogP contribution in [0.2, 0.25) is 10.0 Å². The van der Waals surface area contributed by atoms with Crippen molar-refractivity contribution in [1.82, 2.24) is 4.57 Å². The number of rotatable bonds is 2. The molecule has 3 rings (SSSR count). The van der Waals surface area contributed by atoms with E-state index in [1.165, 1.54) is 23.0 Å². The van der Waals surface area contributed by atoms with Crippen molar-refractivity contribution in [3.8, 4) is 0 Å². The molecule has 2 aromatic carbocycles. The molecule has 0 aliphatic heterocycles. The van der Waals surface area contributed by atoms with E-state index in [1.807, 2.05) is 30.7 Å². The Balaban J connectivity index is 1.92. The molecule has 0 saturated carbocycles. The molecule has 0 N–H and O–H groups in total. The molecule has 0 unspecified atom stereocenters. The van der Waals surface area contributed by atoms with Crippen LogP contribution in [0.15, 0.2) is 47.5 Å². The Bertz CT molecular complexity index is 1030. The van der Waals surface area contributed by atoms with Gasteiger partial charge in [-0.1, -0.05) is 46.7 Å². The maximum atomic E-state index is 12.1. The zero-order chi connectivity index (χ0) is 17.3. The Labute approximate surface area is 153 Å². The van der Waals surface area contributed by atoms with E-state index in [9.17, 15) is 4.79 Å². The Morgan fingerprint density at radius 1 is 1.21 bits per heavy atom. The van der Waals surface area contributed by atoms with Crippen LogP contribution in [0.25, 0.3) is 16.3 Å². The summed E-state index contributed by atoms with van der Waals surface area (Å²) in [6.07, 6.45) is 3.05. The monoisotopic (exact) mass is 376 g/mol. The largest absolute Gasteiger partial charge is 0.319 e. The van der Waals surface area contributed by atoms with Crippen molar-refractivity contribution < 1.29 is 4.79 Å². The van der Waals surface area contributed by atoms with Gasteiger partial charge in [-0.25, -0.2) is 0 Å². The number of nitrogens with zero attached hydrogens (tertiary/aromatic N) is 2. The standard InChI is InChI=1S/C18H14Cl2N2OS/c1-11-3-7-15-16(9-11)24-18(22(15)2)21-17(23)8-5-12-4-6-13(19)10-14(12)20/h3-10H,1-2H3. The van der Waals surface area contributed by atoms with Crippen molar-refractivity contribution in [2.75, 3.05) is 0 Å². The average Bonchev–Trinajstić information content (AvgIpc) is 2.82. The molecule has 6 heteroatoms. The highest BCUT2D eigenvalue weighted by Gasteiger charge is 2.04. The Morgan fingerprint density at radius 2 is 2.00 bits per heavy atom. The first-order valence-electron chi connectivity index (χ1n) is 7.22. The first kappa shape index (κ1) is 17.0. The van der Waals surface area contributed by atoms with Gasteiger partial charge in [0.1, 0.15) is 0 Å². The van der Waals surface area contributed by atoms with E-state index in [-0.39, 0.29) is 5.91 Å². The molecule has 24 heavy (non-hydrogen) atoms. The summed E-state index contributed by atoms with van der Waals surface area (Å²) in [5, 5.41) is 1.05. The highest BCUT2D eigenvalue weighted by atomic mass is 35.5. The molecule has 1 heterocycles. The minimum Gasteiger partial charge on any atom is -0.319 e. The van der Waals surface area contributed by atoms with Crippen LogP contribution in [0, 0.1) is 6.92 Å². The van der Waals surface area contributed by atoms with E-state index in [4.69, 9.17) is 23.2 Å². The second-order valence-electron chi connectivity index (χ2n) is 5.36. The van der Waals surface area contributed by atoms with Gasteiger partial charge in [0, 0.05) is 23.2 Å². The van der Waals surface area contributed by atoms with Crippen molar-refractivity contribution in [3.63, 3.8) is 0 Å². The van der Waals surface area contributed by atoms with Crippen LogP contribution >= 0.6 is 34.5 Å². The predicted molar refractivity (Wildman–Crippen MR) is 102 cm³/mol. The molecule has 1 aromatic heterocycles. The van der Waals surface area contributed by atoms with Crippen LogP contribution in [0.5, 0.6) is 0 Å². The topological polar surface area (TPSA) is 34.4 Å². The molecular weight excluding hydrogens is 363 g/mol. The van der Waals surface area contributed by atoms with E-state index < -0.39 is 0 Å². The first-order chi connectivity index (χ1) is 11.4.